The van der Waals surface area contributed by atoms with Crippen LogP contribution < -0.4 is 5.73 Å². The Morgan fingerprint density at radius 3 is 3.06 bits per heavy atom. The topological polar surface area (TPSA) is 59.6 Å². The minimum absolute atomic E-state index is 0.122. The van der Waals surface area contributed by atoms with E-state index in [0.717, 1.165) is 11.0 Å². The maximum Gasteiger partial charge on any atom is 0.171 e. The van der Waals surface area contributed by atoms with E-state index in [9.17, 15) is 4.39 Å². The number of halogens is 1. The van der Waals surface area contributed by atoms with Gasteiger partial charge in [-0.05, 0) is 18.2 Å². The molecule has 16 heavy (non-hydrogen) atoms. The van der Waals surface area contributed by atoms with Gasteiger partial charge in [0.2, 0.25) is 0 Å². The molecule has 3 aromatic rings. The first kappa shape index (κ1) is 8.96. The molecule has 0 aliphatic carbocycles. The van der Waals surface area contributed by atoms with E-state index in [-0.39, 0.29) is 5.69 Å². The van der Waals surface area contributed by atoms with Gasteiger partial charge in [0.05, 0.1) is 22.9 Å². The van der Waals surface area contributed by atoms with Crippen LogP contribution in [0.25, 0.3) is 16.7 Å². The van der Waals surface area contributed by atoms with Crippen molar-refractivity contribution < 1.29 is 4.39 Å². The predicted molar refractivity (Wildman–Crippen MR) is 59.8 cm³/mol. The van der Waals surface area contributed by atoms with Crippen molar-refractivity contribution in [3.8, 4) is 5.69 Å². The molecule has 0 fully saturated rings. The molecule has 0 radical (unpaired) electrons. The molecule has 2 heterocycles. The molecule has 5 heteroatoms. The molecule has 80 valence electrons. The molecule has 0 atom stereocenters. The number of anilines is 1. The van der Waals surface area contributed by atoms with E-state index >= 15 is 0 Å². The molecule has 0 bridgehead atoms. The van der Waals surface area contributed by atoms with E-state index < -0.39 is 5.82 Å². The lowest BCUT2D eigenvalue weighted by Gasteiger charge is -2.05. The summed E-state index contributed by atoms with van der Waals surface area (Å²) < 4.78 is 15.3. The first-order valence-electron chi connectivity index (χ1n) is 4.83. The minimum atomic E-state index is -0.450. The second kappa shape index (κ2) is 3.10. The van der Waals surface area contributed by atoms with Crippen LogP contribution in [0.15, 0.2) is 36.7 Å². The van der Waals surface area contributed by atoms with Crippen LogP contribution in [0, 0.1) is 5.82 Å². The molecule has 0 saturated heterocycles. The molecular formula is C11H9FN4. The Morgan fingerprint density at radius 1 is 1.31 bits per heavy atom. The Hall–Kier alpha value is -2.30. The summed E-state index contributed by atoms with van der Waals surface area (Å²) in [6, 6.07) is 6.71. The largest absolute Gasteiger partial charge is 0.396 e. The van der Waals surface area contributed by atoms with Gasteiger partial charge in [0.1, 0.15) is 5.69 Å². The normalized spacial score (nSPS) is 11.1. The zero-order valence-electron chi connectivity index (χ0n) is 8.31. The number of nitrogens with one attached hydrogen (secondary N) is 1. The molecule has 3 N–H and O–H groups in total. The van der Waals surface area contributed by atoms with Crippen molar-refractivity contribution in [3.63, 3.8) is 0 Å². The van der Waals surface area contributed by atoms with Crippen molar-refractivity contribution in [2.24, 2.45) is 0 Å². The lowest BCUT2D eigenvalue weighted by molar-refractivity contribution is 0.618. The van der Waals surface area contributed by atoms with Gasteiger partial charge in [-0.1, -0.05) is 6.07 Å². The van der Waals surface area contributed by atoms with E-state index in [1.54, 1.807) is 24.5 Å². The second-order valence-corrected chi connectivity index (χ2v) is 3.51. The van der Waals surface area contributed by atoms with Crippen molar-refractivity contribution in [2.75, 3.05) is 5.73 Å². The first-order valence-corrected chi connectivity index (χ1v) is 4.83. The highest BCUT2D eigenvalue weighted by Gasteiger charge is 2.11. The van der Waals surface area contributed by atoms with Gasteiger partial charge in [-0.15, -0.1) is 0 Å². The van der Waals surface area contributed by atoms with E-state index in [2.05, 4.69) is 10.1 Å². The summed E-state index contributed by atoms with van der Waals surface area (Å²) in [5, 5.41) is 4.12. The fourth-order valence-corrected chi connectivity index (χ4v) is 1.73. The monoisotopic (exact) mass is 216 g/mol. The molecule has 4 nitrogen and oxygen atoms in total. The third-order valence-electron chi connectivity index (χ3n) is 2.52. The van der Waals surface area contributed by atoms with Crippen molar-refractivity contribution in [2.45, 2.75) is 0 Å². The number of fused-ring (bicyclic) bond motifs is 1. The number of hydrogen-bond acceptors (Lipinski definition) is 2. The standard InChI is InChI=1S/C11H9FN4/c12-11-7(13)2-1-3-10(11)16-9-4-5-14-8(9)6-15-16/h1-6,14H,13H2. The van der Waals surface area contributed by atoms with Gasteiger partial charge in [0.15, 0.2) is 5.82 Å². The first-order chi connectivity index (χ1) is 7.77. The van der Waals surface area contributed by atoms with Gasteiger partial charge in [-0.3, -0.25) is 0 Å². The summed E-state index contributed by atoms with van der Waals surface area (Å²) in [7, 11) is 0. The van der Waals surface area contributed by atoms with Crippen LogP contribution in [0.1, 0.15) is 0 Å². The highest BCUT2D eigenvalue weighted by Crippen LogP contribution is 2.22. The van der Waals surface area contributed by atoms with Gasteiger partial charge in [-0.25, -0.2) is 9.07 Å². The molecular weight excluding hydrogens is 207 g/mol. The number of aromatic nitrogens is 3. The number of nitrogen functional groups attached to an aromatic ring is 1. The smallest absolute Gasteiger partial charge is 0.171 e. The number of nitrogens with two attached hydrogens (primary N) is 1. The van der Waals surface area contributed by atoms with Crippen molar-refractivity contribution in [3.05, 3.63) is 42.5 Å². The Labute approximate surface area is 90.5 Å². The zero-order valence-corrected chi connectivity index (χ0v) is 8.31. The average molecular weight is 216 g/mol. The quantitative estimate of drug-likeness (QED) is 0.612. The number of benzene rings is 1. The van der Waals surface area contributed by atoms with E-state index in [1.165, 1.54) is 10.7 Å². The molecule has 0 amide bonds. The fraction of sp³-hybridized carbons (Fsp3) is 0. The van der Waals surface area contributed by atoms with E-state index in [1.807, 2.05) is 6.07 Å². The molecule has 0 spiro atoms. The summed E-state index contributed by atoms with van der Waals surface area (Å²) in [4.78, 5) is 3.01. The number of rotatable bonds is 1. The SMILES string of the molecule is Nc1cccc(-n2ncc3[nH]ccc32)c1F. The van der Waals surface area contributed by atoms with Crippen LogP contribution >= 0.6 is 0 Å². The molecule has 0 unspecified atom stereocenters. The molecule has 3 rings (SSSR count). The van der Waals surface area contributed by atoms with Gasteiger partial charge < -0.3 is 10.7 Å². The number of H-pyrrole nitrogens is 1. The molecule has 2 aromatic heterocycles. The third kappa shape index (κ3) is 1.11. The summed E-state index contributed by atoms with van der Waals surface area (Å²) in [6.07, 6.45) is 3.44. The molecule has 1 aromatic carbocycles. The molecule has 0 aliphatic rings. The second-order valence-electron chi connectivity index (χ2n) is 3.51. The van der Waals surface area contributed by atoms with Crippen molar-refractivity contribution >= 4 is 16.7 Å². The highest BCUT2D eigenvalue weighted by molar-refractivity contribution is 5.77. The van der Waals surface area contributed by atoms with Gasteiger partial charge in [0.25, 0.3) is 0 Å². The summed E-state index contributed by atoms with van der Waals surface area (Å²) in [6.45, 7) is 0. The third-order valence-corrected chi connectivity index (χ3v) is 2.52. The van der Waals surface area contributed by atoms with Gasteiger partial charge in [-0.2, -0.15) is 5.10 Å². The Morgan fingerprint density at radius 2 is 2.19 bits per heavy atom. The van der Waals surface area contributed by atoms with E-state index in [0.29, 0.717) is 5.69 Å². The number of hydrogen-bond donors (Lipinski definition) is 2. The maximum atomic E-state index is 13.8. The average Bonchev–Trinajstić information content (AvgIpc) is 2.84. The molecule has 0 saturated carbocycles. The minimum Gasteiger partial charge on any atom is -0.396 e. The van der Waals surface area contributed by atoms with Crippen molar-refractivity contribution in [1.29, 1.82) is 0 Å². The Kier molecular flexibility index (Phi) is 1.73. The van der Waals surface area contributed by atoms with E-state index in [4.69, 9.17) is 5.73 Å². The van der Waals surface area contributed by atoms with Crippen LogP contribution in [-0.2, 0) is 0 Å². The lowest BCUT2D eigenvalue weighted by atomic mass is 10.2. The van der Waals surface area contributed by atoms with Crippen LogP contribution in [0.5, 0.6) is 0 Å². The van der Waals surface area contributed by atoms with Gasteiger partial charge in [0, 0.05) is 6.20 Å². The predicted octanol–water partition coefficient (Wildman–Crippen LogP) is 2.07. The number of nitrogens with zero attached hydrogens (tertiary/aromatic N) is 2. The van der Waals surface area contributed by atoms with Gasteiger partial charge >= 0.3 is 0 Å². The summed E-state index contributed by atoms with van der Waals surface area (Å²) in [5.41, 5.74) is 7.69. The summed E-state index contributed by atoms with van der Waals surface area (Å²) in [5.74, 6) is -0.450. The molecule has 0 aliphatic heterocycles. The van der Waals surface area contributed by atoms with Crippen molar-refractivity contribution in [1.82, 2.24) is 14.8 Å². The maximum absolute atomic E-state index is 13.8. The lowest BCUT2D eigenvalue weighted by Crippen LogP contribution is -2.01. The fourth-order valence-electron chi connectivity index (χ4n) is 1.73. The summed E-state index contributed by atoms with van der Waals surface area (Å²) >= 11 is 0. The van der Waals surface area contributed by atoms with Crippen LogP contribution in [0.4, 0.5) is 10.1 Å². The van der Waals surface area contributed by atoms with Crippen LogP contribution in [0.3, 0.4) is 0 Å². The Bertz CT molecular complexity index is 653. The Balaban J connectivity index is 2.31. The van der Waals surface area contributed by atoms with Crippen LogP contribution in [0.2, 0.25) is 0 Å². The zero-order chi connectivity index (χ0) is 11.1. The highest BCUT2D eigenvalue weighted by atomic mass is 19.1. The number of aromatic amines is 1. The van der Waals surface area contributed by atoms with Crippen LogP contribution in [-0.4, -0.2) is 14.8 Å².